The number of nitrogens with one attached hydrogen (secondary N) is 1. The summed E-state index contributed by atoms with van der Waals surface area (Å²) in [5.41, 5.74) is 1.49. The molecular formula is C17H24ClNO. The number of hydrogen-bond donors (Lipinski definition) is 1. The molecule has 20 heavy (non-hydrogen) atoms. The Kier molecular flexibility index (Phi) is 5.93. The van der Waals surface area contributed by atoms with Crippen LogP contribution in [0.3, 0.4) is 0 Å². The molecule has 2 atom stereocenters. The molecule has 0 aliphatic heterocycles. The Balaban J connectivity index is 2.06. The summed E-state index contributed by atoms with van der Waals surface area (Å²) < 4.78 is 6.08. The van der Waals surface area contributed by atoms with Crippen molar-refractivity contribution in [3.05, 3.63) is 40.9 Å². The van der Waals surface area contributed by atoms with E-state index in [1.165, 1.54) is 31.3 Å². The molecule has 0 spiro atoms. The van der Waals surface area contributed by atoms with Gasteiger partial charge in [0.15, 0.2) is 0 Å². The van der Waals surface area contributed by atoms with Crippen molar-refractivity contribution in [3.8, 4) is 5.75 Å². The van der Waals surface area contributed by atoms with Gasteiger partial charge in [-0.1, -0.05) is 36.2 Å². The minimum atomic E-state index is 0.0952. The van der Waals surface area contributed by atoms with Crippen molar-refractivity contribution in [1.29, 1.82) is 0 Å². The Hall–Kier alpha value is -0.990. The maximum atomic E-state index is 6.08. The third kappa shape index (κ3) is 4.26. The fourth-order valence-electron chi connectivity index (χ4n) is 2.79. The monoisotopic (exact) mass is 293 g/mol. The minimum Gasteiger partial charge on any atom is -0.489 e. The van der Waals surface area contributed by atoms with Gasteiger partial charge in [-0.15, -0.1) is 0 Å². The second kappa shape index (κ2) is 7.70. The van der Waals surface area contributed by atoms with Gasteiger partial charge in [-0.05, 0) is 57.4 Å². The van der Waals surface area contributed by atoms with Crippen LogP contribution in [0.1, 0.15) is 39.5 Å². The summed E-state index contributed by atoms with van der Waals surface area (Å²) in [4.78, 5) is 0. The Bertz CT molecular complexity index is 458. The average Bonchev–Trinajstić information content (AvgIpc) is 2.45. The van der Waals surface area contributed by atoms with Crippen molar-refractivity contribution < 1.29 is 4.74 Å². The normalized spacial score (nSPS) is 18.2. The molecule has 0 saturated carbocycles. The van der Waals surface area contributed by atoms with Crippen molar-refractivity contribution in [1.82, 2.24) is 5.32 Å². The van der Waals surface area contributed by atoms with E-state index >= 15 is 0 Å². The van der Waals surface area contributed by atoms with Gasteiger partial charge in [0.1, 0.15) is 11.9 Å². The summed E-state index contributed by atoms with van der Waals surface area (Å²) in [6, 6.07) is 7.91. The number of rotatable bonds is 6. The summed E-state index contributed by atoms with van der Waals surface area (Å²) in [5, 5.41) is 4.28. The highest BCUT2D eigenvalue weighted by molar-refractivity contribution is 6.30. The molecule has 1 aromatic rings. The minimum absolute atomic E-state index is 0.0952. The molecular weight excluding hydrogens is 270 g/mol. The van der Waals surface area contributed by atoms with E-state index in [0.717, 1.165) is 12.3 Å². The maximum Gasteiger partial charge on any atom is 0.121 e. The van der Waals surface area contributed by atoms with Crippen molar-refractivity contribution in [3.63, 3.8) is 0 Å². The molecule has 0 bridgehead atoms. The Morgan fingerprint density at radius 1 is 1.35 bits per heavy atom. The second-order valence-corrected chi connectivity index (χ2v) is 5.78. The largest absolute Gasteiger partial charge is 0.489 e. The number of benzene rings is 1. The van der Waals surface area contributed by atoms with Crippen molar-refractivity contribution >= 4 is 11.6 Å². The predicted octanol–water partition coefficient (Wildman–Crippen LogP) is 4.59. The van der Waals surface area contributed by atoms with E-state index in [4.69, 9.17) is 16.3 Å². The molecule has 1 aliphatic rings. The maximum absolute atomic E-state index is 6.08. The molecule has 110 valence electrons. The van der Waals surface area contributed by atoms with Crippen molar-refractivity contribution in [2.75, 3.05) is 6.54 Å². The van der Waals surface area contributed by atoms with Gasteiger partial charge >= 0.3 is 0 Å². The van der Waals surface area contributed by atoms with Gasteiger partial charge in [0.05, 0.1) is 6.04 Å². The lowest BCUT2D eigenvalue weighted by molar-refractivity contribution is 0.183. The smallest absolute Gasteiger partial charge is 0.121 e. The SMILES string of the molecule is CCNC(C1=CCCCC1)C(C)Oc1cccc(Cl)c1. The zero-order valence-corrected chi connectivity index (χ0v) is 13.1. The highest BCUT2D eigenvalue weighted by atomic mass is 35.5. The van der Waals surface area contributed by atoms with Crippen LogP contribution >= 0.6 is 11.6 Å². The quantitative estimate of drug-likeness (QED) is 0.775. The number of hydrogen-bond acceptors (Lipinski definition) is 2. The summed E-state index contributed by atoms with van der Waals surface area (Å²) in [5.74, 6) is 0.837. The Morgan fingerprint density at radius 3 is 2.85 bits per heavy atom. The fraction of sp³-hybridized carbons (Fsp3) is 0.529. The van der Waals surface area contributed by atoms with Gasteiger partial charge in [-0.3, -0.25) is 0 Å². The zero-order valence-electron chi connectivity index (χ0n) is 12.4. The molecule has 0 fully saturated rings. The molecule has 0 aromatic heterocycles. The lowest BCUT2D eigenvalue weighted by Gasteiger charge is -2.29. The molecule has 0 amide bonds. The van der Waals surface area contributed by atoms with E-state index in [9.17, 15) is 0 Å². The first kappa shape index (κ1) is 15.4. The van der Waals surface area contributed by atoms with Crippen LogP contribution in [0, 0.1) is 0 Å². The molecule has 3 heteroatoms. The van der Waals surface area contributed by atoms with Crippen molar-refractivity contribution in [2.24, 2.45) is 0 Å². The highest BCUT2D eigenvalue weighted by Crippen LogP contribution is 2.25. The van der Waals surface area contributed by atoms with Crippen LogP contribution in [-0.2, 0) is 0 Å². The topological polar surface area (TPSA) is 21.3 Å². The molecule has 1 aromatic carbocycles. The third-order valence-electron chi connectivity index (χ3n) is 3.74. The van der Waals surface area contributed by atoms with Crippen LogP contribution in [0.2, 0.25) is 5.02 Å². The third-order valence-corrected chi connectivity index (χ3v) is 3.97. The summed E-state index contributed by atoms with van der Waals surface area (Å²) in [7, 11) is 0. The molecule has 0 saturated heterocycles. The lowest BCUT2D eigenvalue weighted by Crippen LogP contribution is -2.43. The number of ether oxygens (including phenoxy) is 1. The van der Waals surface area contributed by atoms with E-state index in [1.54, 1.807) is 0 Å². The molecule has 1 N–H and O–H groups in total. The van der Waals surface area contributed by atoms with Crippen LogP contribution in [0.5, 0.6) is 5.75 Å². The van der Waals surface area contributed by atoms with Gasteiger partial charge in [-0.25, -0.2) is 0 Å². The number of halogens is 1. The van der Waals surface area contributed by atoms with E-state index in [2.05, 4.69) is 25.2 Å². The van der Waals surface area contributed by atoms with Crippen LogP contribution in [-0.4, -0.2) is 18.7 Å². The molecule has 2 nitrogen and oxygen atoms in total. The van der Waals surface area contributed by atoms with Gasteiger partial charge < -0.3 is 10.1 Å². The molecule has 1 aliphatic carbocycles. The second-order valence-electron chi connectivity index (χ2n) is 5.34. The van der Waals surface area contributed by atoms with Gasteiger partial charge in [0, 0.05) is 5.02 Å². The van der Waals surface area contributed by atoms with Crippen LogP contribution in [0.4, 0.5) is 0 Å². The fourth-order valence-corrected chi connectivity index (χ4v) is 2.97. The standard InChI is InChI=1S/C17H24ClNO/c1-3-19-17(14-8-5-4-6-9-14)13(2)20-16-11-7-10-15(18)12-16/h7-8,10-13,17,19H,3-6,9H2,1-2H3. The summed E-state index contributed by atoms with van der Waals surface area (Å²) >= 11 is 6.01. The van der Waals surface area contributed by atoms with E-state index in [-0.39, 0.29) is 6.10 Å². The van der Waals surface area contributed by atoms with E-state index < -0.39 is 0 Å². The first-order valence-corrected chi connectivity index (χ1v) is 7.93. The molecule has 0 heterocycles. The molecule has 0 radical (unpaired) electrons. The Labute approximate surface area is 127 Å². The molecule has 2 rings (SSSR count). The summed E-state index contributed by atoms with van der Waals surface area (Å²) in [6.07, 6.45) is 7.46. The van der Waals surface area contributed by atoms with Gasteiger partial charge in [0.2, 0.25) is 0 Å². The number of allylic oxidation sites excluding steroid dienone is 1. The molecule has 2 unspecified atom stereocenters. The van der Waals surface area contributed by atoms with Gasteiger partial charge in [0.25, 0.3) is 0 Å². The van der Waals surface area contributed by atoms with Crippen LogP contribution < -0.4 is 10.1 Å². The lowest BCUT2D eigenvalue weighted by atomic mass is 9.91. The first-order valence-electron chi connectivity index (χ1n) is 7.55. The zero-order chi connectivity index (χ0) is 14.4. The van der Waals surface area contributed by atoms with Crippen LogP contribution in [0.15, 0.2) is 35.9 Å². The highest BCUT2D eigenvalue weighted by Gasteiger charge is 2.23. The average molecular weight is 294 g/mol. The number of likely N-dealkylation sites (N-methyl/N-ethyl adjacent to an activating group) is 1. The van der Waals surface area contributed by atoms with E-state index in [0.29, 0.717) is 11.1 Å². The van der Waals surface area contributed by atoms with Crippen LogP contribution in [0.25, 0.3) is 0 Å². The first-order chi connectivity index (χ1) is 9.70. The predicted molar refractivity (Wildman–Crippen MR) is 85.6 cm³/mol. The summed E-state index contributed by atoms with van der Waals surface area (Å²) in [6.45, 7) is 5.22. The van der Waals surface area contributed by atoms with E-state index in [1.807, 2.05) is 24.3 Å². The Morgan fingerprint density at radius 2 is 2.20 bits per heavy atom. The van der Waals surface area contributed by atoms with Gasteiger partial charge in [-0.2, -0.15) is 0 Å². The van der Waals surface area contributed by atoms with Crippen molar-refractivity contribution in [2.45, 2.75) is 51.7 Å².